The molecule has 3 rings (SSSR count). The van der Waals surface area contributed by atoms with E-state index in [-0.39, 0.29) is 5.78 Å². The number of ether oxygens (including phenoxy) is 1. The minimum atomic E-state index is -0.774. The first kappa shape index (κ1) is 11.0. The average molecular weight is 240 g/mol. The Hall–Kier alpha value is -2.13. The van der Waals surface area contributed by atoms with Crippen LogP contribution in [0.4, 0.5) is 0 Å². The van der Waals surface area contributed by atoms with Crippen LogP contribution in [-0.4, -0.2) is 18.0 Å². The third-order valence-electron chi connectivity index (χ3n) is 3.30. The smallest absolute Gasteiger partial charge is 0.193 e. The second-order valence-electron chi connectivity index (χ2n) is 4.27. The number of carbonyl (C=O) groups excluding carboxylic acids is 1. The summed E-state index contributed by atoms with van der Waals surface area (Å²) in [5.41, 5.74) is 2.38. The zero-order chi connectivity index (χ0) is 12.7. The highest BCUT2D eigenvalue weighted by molar-refractivity contribution is 6.12. The van der Waals surface area contributed by atoms with Crippen molar-refractivity contribution in [3.05, 3.63) is 64.7 Å². The van der Waals surface area contributed by atoms with E-state index in [0.29, 0.717) is 28.0 Å². The molecule has 3 nitrogen and oxygen atoms in total. The van der Waals surface area contributed by atoms with Crippen LogP contribution in [0, 0.1) is 0 Å². The molecule has 1 aliphatic rings. The lowest BCUT2D eigenvalue weighted by Crippen LogP contribution is -2.19. The zero-order valence-corrected chi connectivity index (χ0v) is 9.88. The second kappa shape index (κ2) is 3.96. The van der Waals surface area contributed by atoms with Crippen molar-refractivity contribution in [2.45, 2.75) is 6.10 Å². The van der Waals surface area contributed by atoms with Gasteiger partial charge in [0.2, 0.25) is 0 Å². The lowest BCUT2D eigenvalue weighted by molar-refractivity contribution is 0.101. The van der Waals surface area contributed by atoms with Crippen LogP contribution < -0.4 is 4.74 Å². The quantitative estimate of drug-likeness (QED) is 0.832. The van der Waals surface area contributed by atoms with Gasteiger partial charge in [0.15, 0.2) is 5.78 Å². The third kappa shape index (κ3) is 1.45. The van der Waals surface area contributed by atoms with Crippen LogP contribution in [0.25, 0.3) is 0 Å². The number of aliphatic hydroxyl groups is 1. The first-order chi connectivity index (χ1) is 8.72. The Morgan fingerprint density at radius 2 is 1.78 bits per heavy atom. The van der Waals surface area contributed by atoms with Crippen molar-refractivity contribution in [1.29, 1.82) is 0 Å². The Morgan fingerprint density at radius 1 is 1.06 bits per heavy atom. The van der Waals surface area contributed by atoms with Crippen LogP contribution in [0.2, 0.25) is 0 Å². The average Bonchev–Trinajstić information content (AvgIpc) is 2.44. The summed E-state index contributed by atoms with van der Waals surface area (Å²) in [5.74, 6) is 0.591. The maximum absolute atomic E-state index is 12.3. The highest BCUT2D eigenvalue weighted by atomic mass is 16.5. The molecule has 0 saturated carbocycles. The predicted octanol–water partition coefficient (Wildman–Crippen LogP) is 2.32. The zero-order valence-electron chi connectivity index (χ0n) is 9.88. The fraction of sp³-hybridized carbons (Fsp3) is 0.133. The third-order valence-corrected chi connectivity index (χ3v) is 3.30. The standard InChI is InChI=1S/C15H12O3/c1-18-9-6-7-12-13(8-9)15(17)11-5-3-2-4-10(11)14(12)16/h2-8,15,17H,1H3. The van der Waals surface area contributed by atoms with Crippen molar-refractivity contribution in [3.63, 3.8) is 0 Å². The predicted molar refractivity (Wildman–Crippen MR) is 66.9 cm³/mol. The summed E-state index contributed by atoms with van der Waals surface area (Å²) < 4.78 is 5.13. The van der Waals surface area contributed by atoms with Gasteiger partial charge < -0.3 is 9.84 Å². The molecule has 1 atom stereocenters. The topological polar surface area (TPSA) is 46.5 Å². The van der Waals surface area contributed by atoms with Crippen molar-refractivity contribution in [1.82, 2.24) is 0 Å². The normalized spacial score (nSPS) is 17.0. The summed E-state index contributed by atoms with van der Waals surface area (Å²) in [6.45, 7) is 0. The summed E-state index contributed by atoms with van der Waals surface area (Å²) in [5, 5.41) is 10.3. The number of ketones is 1. The molecule has 2 aromatic rings. The molecule has 0 spiro atoms. The van der Waals surface area contributed by atoms with Gasteiger partial charge in [-0.2, -0.15) is 0 Å². The lowest BCUT2D eigenvalue weighted by Gasteiger charge is -2.23. The minimum Gasteiger partial charge on any atom is -0.497 e. The van der Waals surface area contributed by atoms with E-state index < -0.39 is 6.10 Å². The van der Waals surface area contributed by atoms with Gasteiger partial charge in [0, 0.05) is 11.1 Å². The van der Waals surface area contributed by atoms with Gasteiger partial charge in [0.1, 0.15) is 11.9 Å². The van der Waals surface area contributed by atoms with Crippen LogP contribution in [-0.2, 0) is 0 Å². The van der Waals surface area contributed by atoms with Crippen LogP contribution in [0.3, 0.4) is 0 Å². The minimum absolute atomic E-state index is 0.0476. The van der Waals surface area contributed by atoms with Crippen LogP contribution in [0.1, 0.15) is 33.2 Å². The molecule has 2 aromatic carbocycles. The molecule has 90 valence electrons. The Kier molecular flexibility index (Phi) is 2.42. The monoisotopic (exact) mass is 240 g/mol. The highest BCUT2D eigenvalue weighted by Crippen LogP contribution is 2.36. The van der Waals surface area contributed by atoms with E-state index in [4.69, 9.17) is 4.74 Å². The molecule has 1 N–H and O–H groups in total. The molecule has 0 bridgehead atoms. The Morgan fingerprint density at radius 3 is 2.56 bits per heavy atom. The Bertz CT molecular complexity index is 631. The summed E-state index contributed by atoms with van der Waals surface area (Å²) in [6, 6.07) is 12.3. The van der Waals surface area contributed by atoms with Crippen LogP contribution in [0.5, 0.6) is 5.75 Å². The van der Waals surface area contributed by atoms with E-state index in [1.807, 2.05) is 6.07 Å². The molecule has 0 fully saturated rings. The number of hydrogen-bond acceptors (Lipinski definition) is 3. The molecule has 1 aliphatic carbocycles. The maximum Gasteiger partial charge on any atom is 0.193 e. The number of methoxy groups -OCH3 is 1. The van der Waals surface area contributed by atoms with Gasteiger partial charge in [-0.15, -0.1) is 0 Å². The van der Waals surface area contributed by atoms with Gasteiger partial charge in [0.25, 0.3) is 0 Å². The molecule has 0 amide bonds. The first-order valence-corrected chi connectivity index (χ1v) is 5.72. The van der Waals surface area contributed by atoms with Gasteiger partial charge in [-0.1, -0.05) is 24.3 Å². The van der Waals surface area contributed by atoms with Crippen molar-refractivity contribution >= 4 is 5.78 Å². The Balaban J connectivity index is 2.23. The summed E-state index contributed by atoms with van der Waals surface area (Å²) >= 11 is 0. The van der Waals surface area contributed by atoms with Crippen LogP contribution in [0.15, 0.2) is 42.5 Å². The van der Waals surface area contributed by atoms with E-state index in [1.54, 1.807) is 43.5 Å². The van der Waals surface area contributed by atoms with Crippen molar-refractivity contribution in [2.75, 3.05) is 7.11 Å². The molecule has 3 heteroatoms. The summed E-state index contributed by atoms with van der Waals surface area (Å²) in [7, 11) is 1.56. The van der Waals surface area contributed by atoms with Gasteiger partial charge >= 0.3 is 0 Å². The van der Waals surface area contributed by atoms with E-state index in [1.165, 1.54) is 0 Å². The van der Waals surface area contributed by atoms with Gasteiger partial charge in [-0.05, 0) is 29.3 Å². The number of hydrogen-bond donors (Lipinski definition) is 1. The van der Waals surface area contributed by atoms with E-state index >= 15 is 0 Å². The summed E-state index contributed by atoms with van der Waals surface area (Å²) in [4.78, 5) is 12.3. The van der Waals surface area contributed by atoms with Crippen molar-refractivity contribution in [3.8, 4) is 5.75 Å². The van der Waals surface area contributed by atoms with Gasteiger partial charge in [0.05, 0.1) is 7.11 Å². The lowest BCUT2D eigenvalue weighted by atomic mass is 9.83. The SMILES string of the molecule is COc1ccc2c(c1)C(O)c1ccccc1C2=O. The molecular weight excluding hydrogens is 228 g/mol. The number of fused-ring (bicyclic) bond motifs is 2. The van der Waals surface area contributed by atoms with Crippen molar-refractivity contribution in [2.24, 2.45) is 0 Å². The molecule has 0 saturated heterocycles. The molecular formula is C15H12O3. The second-order valence-corrected chi connectivity index (χ2v) is 4.27. The molecule has 0 aromatic heterocycles. The summed E-state index contributed by atoms with van der Waals surface area (Å²) in [6.07, 6.45) is -0.774. The number of rotatable bonds is 1. The van der Waals surface area contributed by atoms with E-state index in [2.05, 4.69) is 0 Å². The van der Waals surface area contributed by atoms with E-state index in [0.717, 1.165) is 0 Å². The number of aliphatic hydroxyl groups excluding tert-OH is 1. The van der Waals surface area contributed by atoms with Gasteiger partial charge in [-0.25, -0.2) is 0 Å². The maximum atomic E-state index is 12.3. The molecule has 18 heavy (non-hydrogen) atoms. The first-order valence-electron chi connectivity index (χ1n) is 5.72. The van der Waals surface area contributed by atoms with Crippen molar-refractivity contribution < 1.29 is 14.6 Å². The molecule has 0 aliphatic heterocycles. The van der Waals surface area contributed by atoms with Gasteiger partial charge in [-0.3, -0.25) is 4.79 Å². The van der Waals surface area contributed by atoms with E-state index in [9.17, 15) is 9.90 Å². The highest BCUT2D eigenvalue weighted by Gasteiger charge is 2.29. The molecule has 0 heterocycles. The fourth-order valence-electron chi connectivity index (χ4n) is 2.36. The largest absolute Gasteiger partial charge is 0.497 e. The number of benzene rings is 2. The molecule has 1 unspecified atom stereocenters. The van der Waals surface area contributed by atoms with Crippen LogP contribution >= 0.6 is 0 Å². The number of carbonyl (C=O) groups is 1. The Labute approximate surface area is 105 Å². The fourth-order valence-corrected chi connectivity index (χ4v) is 2.36. The molecule has 0 radical (unpaired) electrons.